The van der Waals surface area contributed by atoms with Crippen LogP contribution in [0.25, 0.3) is 5.70 Å². The number of phenolic OH excluding ortho intramolecular Hbond substituents is 1. The van der Waals surface area contributed by atoms with Crippen molar-refractivity contribution in [3.8, 4) is 5.75 Å². The number of amides is 1. The van der Waals surface area contributed by atoms with Crippen LogP contribution in [0, 0.1) is 5.82 Å². The first-order valence-electron chi connectivity index (χ1n) is 8.63. The van der Waals surface area contributed by atoms with E-state index >= 15 is 0 Å². The van der Waals surface area contributed by atoms with E-state index in [0.717, 1.165) is 25.0 Å². The van der Waals surface area contributed by atoms with E-state index in [-0.39, 0.29) is 27.5 Å². The maximum atomic E-state index is 13.3. The second-order valence-electron chi connectivity index (χ2n) is 6.36. The number of carbonyl (C=O) groups is 1. The van der Waals surface area contributed by atoms with Crippen molar-refractivity contribution >= 4 is 21.6 Å². The molecule has 0 aromatic heterocycles. The van der Waals surface area contributed by atoms with E-state index in [4.69, 9.17) is 0 Å². The molecule has 9 heteroatoms. The van der Waals surface area contributed by atoms with Gasteiger partial charge in [0.05, 0.1) is 10.6 Å². The van der Waals surface area contributed by atoms with Gasteiger partial charge in [-0.3, -0.25) is 15.6 Å². The Morgan fingerprint density at radius 2 is 1.82 bits per heavy atom. The lowest BCUT2D eigenvalue weighted by atomic mass is 10.1. The van der Waals surface area contributed by atoms with Gasteiger partial charge in [-0.15, -0.1) is 0 Å². The second kappa shape index (κ2) is 7.99. The summed E-state index contributed by atoms with van der Waals surface area (Å²) in [5.41, 5.74) is 5.15. The standard InChI is InChI=1S/C19H20FN3O4S/c1-13(17-12-15(20)7-8-18(17)24)21-22-19(25)14-5-4-6-16(11-14)28(26,27)23-9-2-3-10-23/h4-8,11-12,21,24H,1-3,9-10H2,(H,22,25). The Hall–Kier alpha value is -2.91. The quantitative estimate of drug-likeness (QED) is 0.640. The maximum Gasteiger partial charge on any atom is 0.269 e. The number of benzene rings is 2. The fourth-order valence-electron chi connectivity index (χ4n) is 2.90. The maximum absolute atomic E-state index is 13.3. The number of sulfonamides is 1. The lowest BCUT2D eigenvalue weighted by molar-refractivity contribution is 0.0942. The number of hydrazine groups is 1. The average molecular weight is 405 g/mol. The number of hydrogen-bond donors (Lipinski definition) is 3. The van der Waals surface area contributed by atoms with Gasteiger partial charge in [-0.1, -0.05) is 12.6 Å². The van der Waals surface area contributed by atoms with Crippen LogP contribution in [0.1, 0.15) is 28.8 Å². The number of rotatable bonds is 6. The monoisotopic (exact) mass is 405 g/mol. The highest BCUT2D eigenvalue weighted by molar-refractivity contribution is 7.89. The van der Waals surface area contributed by atoms with Crippen LogP contribution in [-0.2, 0) is 10.0 Å². The van der Waals surface area contributed by atoms with E-state index in [1.807, 2.05) is 0 Å². The molecule has 0 radical (unpaired) electrons. The molecule has 0 unspecified atom stereocenters. The Bertz CT molecular complexity index is 1020. The van der Waals surface area contributed by atoms with E-state index < -0.39 is 21.7 Å². The number of nitrogens with zero attached hydrogens (tertiary/aromatic N) is 1. The number of hydrogen-bond acceptors (Lipinski definition) is 5. The van der Waals surface area contributed by atoms with E-state index in [0.29, 0.717) is 13.1 Å². The van der Waals surface area contributed by atoms with Gasteiger partial charge in [-0.25, -0.2) is 12.8 Å². The molecule has 7 nitrogen and oxygen atoms in total. The van der Waals surface area contributed by atoms with Crippen LogP contribution < -0.4 is 10.9 Å². The molecule has 0 spiro atoms. The molecule has 1 amide bonds. The molecule has 148 valence electrons. The van der Waals surface area contributed by atoms with Crippen LogP contribution in [0.4, 0.5) is 4.39 Å². The van der Waals surface area contributed by atoms with Crippen LogP contribution in [0.3, 0.4) is 0 Å². The van der Waals surface area contributed by atoms with E-state index in [9.17, 15) is 22.7 Å². The van der Waals surface area contributed by atoms with Gasteiger partial charge in [-0.05, 0) is 49.2 Å². The molecule has 0 aliphatic carbocycles. The highest BCUT2D eigenvalue weighted by atomic mass is 32.2. The molecule has 1 aliphatic rings. The fraction of sp³-hybridized carbons (Fsp3) is 0.211. The first-order valence-corrected chi connectivity index (χ1v) is 10.1. The van der Waals surface area contributed by atoms with E-state index in [1.165, 1.54) is 34.6 Å². The van der Waals surface area contributed by atoms with Crippen LogP contribution >= 0.6 is 0 Å². The molecule has 0 bridgehead atoms. The summed E-state index contributed by atoms with van der Waals surface area (Å²) in [4.78, 5) is 12.4. The SMILES string of the molecule is C=C(NNC(=O)c1cccc(S(=O)(=O)N2CCCC2)c1)c1cc(F)ccc1O. The first-order chi connectivity index (χ1) is 13.3. The third-order valence-electron chi connectivity index (χ3n) is 4.41. The van der Waals surface area contributed by atoms with Gasteiger partial charge in [0.15, 0.2) is 0 Å². The van der Waals surface area contributed by atoms with Gasteiger partial charge in [0, 0.05) is 24.2 Å². The van der Waals surface area contributed by atoms with Gasteiger partial charge in [-0.2, -0.15) is 4.31 Å². The Labute approximate surface area is 162 Å². The summed E-state index contributed by atoms with van der Waals surface area (Å²) in [6, 6.07) is 9.05. The Morgan fingerprint density at radius 1 is 1.11 bits per heavy atom. The third kappa shape index (κ3) is 4.15. The summed E-state index contributed by atoms with van der Waals surface area (Å²) in [7, 11) is -3.64. The van der Waals surface area contributed by atoms with Crippen LogP contribution in [0.15, 0.2) is 53.9 Å². The van der Waals surface area contributed by atoms with E-state index in [2.05, 4.69) is 17.4 Å². The predicted molar refractivity (Wildman–Crippen MR) is 102 cm³/mol. The molecule has 1 heterocycles. The van der Waals surface area contributed by atoms with Gasteiger partial charge in [0.25, 0.3) is 5.91 Å². The molecular formula is C19H20FN3O4S. The largest absolute Gasteiger partial charge is 0.507 e. The van der Waals surface area contributed by atoms with Crippen molar-refractivity contribution in [3.05, 3.63) is 66.0 Å². The highest BCUT2D eigenvalue weighted by Gasteiger charge is 2.27. The lowest BCUT2D eigenvalue weighted by Crippen LogP contribution is -2.36. The van der Waals surface area contributed by atoms with Crippen molar-refractivity contribution in [1.29, 1.82) is 0 Å². The minimum atomic E-state index is -3.64. The number of nitrogens with one attached hydrogen (secondary N) is 2. The highest BCUT2D eigenvalue weighted by Crippen LogP contribution is 2.23. The summed E-state index contributed by atoms with van der Waals surface area (Å²) in [5, 5.41) is 9.77. The fourth-order valence-corrected chi connectivity index (χ4v) is 4.46. The van der Waals surface area contributed by atoms with Gasteiger partial charge < -0.3 is 5.11 Å². The molecule has 3 N–H and O–H groups in total. The Balaban J connectivity index is 1.71. The topological polar surface area (TPSA) is 98.7 Å². The normalized spacial score (nSPS) is 14.6. The zero-order valence-corrected chi connectivity index (χ0v) is 15.8. The molecule has 0 saturated carbocycles. The van der Waals surface area contributed by atoms with Gasteiger partial charge in [0.1, 0.15) is 11.6 Å². The summed E-state index contributed by atoms with van der Waals surface area (Å²) in [6.07, 6.45) is 1.64. The van der Waals surface area contributed by atoms with Crippen molar-refractivity contribution in [2.24, 2.45) is 0 Å². The number of carbonyl (C=O) groups excluding carboxylic acids is 1. The molecule has 1 aliphatic heterocycles. The van der Waals surface area contributed by atoms with Gasteiger partial charge in [0.2, 0.25) is 10.0 Å². The average Bonchev–Trinajstić information content (AvgIpc) is 3.23. The number of halogens is 1. The predicted octanol–water partition coefficient (Wildman–Crippen LogP) is 2.22. The Kier molecular flexibility index (Phi) is 5.66. The second-order valence-corrected chi connectivity index (χ2v) is 8.30. The van der Waals surface area contributed by atoms with E-state index in [1.54, 1.807) is 0 Å². The van der Waals surface area contributed by atoms with Crippen LogP contribution in [0.2, 0.25) is 0 Å². The summed E-state index contributed by atoms with van der Waals surface area (Å²) in [6.45, 7) is 4.59. The van der Waals surface area contributed by atoms with Crippen molar-refractivity contribution in [2.75, 3.05) is 13.1 Å². The van der Waals surface area contributed by atoms with Crippen LogP contribution in [0.5, 0.6) is 5.75 Å². The molecule has 3 rings (SSSR count). The molecule has 0 atom stereocenters. The molecule has 2 aromatic carbocycles. The molecule has 1 saturated heterocycles. The number of phenols is 1. The van der Waals surface area contributed by atoms with Crippen molar-refractivity contribution in [3.63, 3.8) is 0 Å². The minimum absolute atomic E-state index is 0.0450. The Morgan fingerprint density at radius 3 is 2.54 bits per heavy atom. The summed E-state index contributed by atoms with van der Waals surface area (Å²) >= 11 is 0. The third-order valence-corrected chi connectivity index (χ3v) is 6.30. The zero-order chi connectivity index (χ0) is 20.3. The van der Waals surface area contributed by atoms with Crippen LogP contribution in [-0.4, -0.2) is 36.8 Å². The first kappa shape index (κ1) is 19.8. The minimum Gasteiger partial charge on any atom is -0.507 e. The van der Waals surface area contributed by atoms with Crippen molar-refractivity contribution in [2.45, 2.75) is 17.7 Å². The molecular weight excluding hydrogens is 385 g/mol. The summed E-state index contributed by atoms with van der Waals surface area (Å²) in [5.74, 6) is -1.37. The smallest absolute Gasteiger partial charge is 0.269 e. The molecule has 2 aromatic rings. The molecule has 28 heavy (non-hydrogen) atoms. The zero-order valence-electron chi connectivity index (χ0n) is 15.0. The van der Waals surface area contributed by atoms with Crippen molar-refractivity contribution in [1.82, 2.24) is 15.2 Å². The summed E-state index contributed by atoms with van der Waals surface area (Å²) < 4.78 is 40.0. The number of aromatic hydroxyl groups is 1. The van der Waals surface area contributed by atoms with Gasteiger partial charge >= 0.3 is 0 Å². The van der Waals surface area contributed by atoms with Crippen molar-refractivity contribution < 1.29 is 22.7 Å². The lowest BCUT2D eigenvalue weighted by Gasteiger charge is -2.16. The molecule has 1 fully saturated rings.